The van der Waals surface area contributed by atoms with Gasteiger partial charge in [0.2, 0.25) is 5.88 Å². The molecule has 22 heavy (non-hydrogen) atoms. The number of nitrogens with zero attached hydrogens (tertiary/aromatic N) is 1. The predicted octanol–water partition coefficient (Wildman–Crippen LogP) is 3.41. The topological polar surface area (TPSA) is 63.2 Å². The summed E-state index contributed by atoms with van der Waals surface area (Å²) >= 11 is 3.49. The van der Waals surface area contributed by atoms with Crippen LogP contribution in [0.2, 0.25) is 0 Å². The van der Waals surface area contributed by atoms with Crippen molar-refractivity contribution in [3.05, 3.63) is 58.2 Å². The number of hydrogen-bond donors (Lipinski definition) is 2. The Morgan fingerprint density at radius 1 is 1.36 bits per heavy atom. The second-order valence-corrected chi connectivity index (χ2v) is 5.63. The van der Waals surface area contributed by atoms with Crippen LogP contribution in [0, 0.1) is 0 Å². The summed E-state index contributed by atoms with van der Waals surface area (Å²) in [5.41, 5.74) is 1.96. The number of amides is 2. The molecule has 1 aromatic carbocycles. The fourth-order valence-electron chi connectivity index (χ4n) is 2.01. The maximum atomic E-state index is 12.0. The molecule has 2 aromatic rings. The first-order chi connectivity index (χ1) is 10.6. The first-order valence-corrected chi connectivity index (χ1v) is 7.67. The molecule has 6 heteroatoms. The van der Waals surface area contributed by atoms with Crippen LogP contribution in [0.25, 0.3) is 0 Å². The second kappa shape index (κ2) is 7.79. The van der Waals surface area contributed by atoms with E-state index in [-0.39, 0.29) is 12.1 Å². The average molecular weight is 364 g/mol. The zero-order valence-corrected chi connectivity index (χ0v) is 14.1. The standard InChI is InChI=1S/C16H18BrN3O2/c1-11(13-5-3-4-6-14(13)17)20-16(21)19-10-12-7-8-18-15(9-12)22-2/h3-9,11H,10H2,1-2H3,(H2,19,20,21)/t11-/m1/s1. The van der Waals surface area contributed by atoms with Crippen LogP contribution >= 0.6 is 15.9 Å². The van der Waals surface area contributed by atoms with E-state index >= 15 is 0 Å². The molecule has 2 amide bonds. The number of urea groups is 1. The Morgan fingerprint density at radius 2 is 2.14 bits per heavy atom. The van der Waals surface area contributed by atoms with Gasteiger partial charge in [0.1, 0.15) is 0 Å². The fraction of sp³-hybridized carbons (Fsp3) is 0.250. The van der Waals surface area contributed by atoms with E-state index in [1.165, 1.54) is 0 Å². The third-order valence-electron chi connectivity index (χ3n) is 3.18. The molecule has 0 unspecified atom stereocenters. The van der Waals surface area contributed by atoms with Gasteiger partial charge in [0.25, 0.3) is 0 Å². The number of rotatable bonds is 5. The summed E-state index contributed by atoms with van der Waals surface area (Å²) in [6.07, 6.45) is 1.65. The number of pyridine rings is 1. The molecular weight excluding hydrogens is 346 g/mol. The monoisotopic (exact) mass is 363 g/mol. The van der Waals surface area contributed by atoms with Crippen molar-refractivity contribution in [2.75, 3.05) is 7.11 Å². The largest absolute Gasteiger partial charge is 0.481 e. The van der Waals surface area contributed by atoms with Crippen LogP contribution < -0.4 is 15.4 Å². The highest BCUT2D eigenvalue weighted by molar-refractivity contribution is 9.10. The Labute approximate surface area is 138 Å². The van der Waals surface area contributed by atoms with Gasteiger partial charge in [0.05, 0.1) is 13.2 Å². The van der Waals surface area contributed by atoms with Gasteiger partial charge in [-0.05, 0) is 30.2 Å². The van der Waals surface area contributed by atoms with Gasteiger partial charge in [0.15, 0.2) is 0 Å². The summed E-state index contributed by atoms with van der Waals surface area (Å²) < 4.78 is 6.03. The molecule has 0 aliphatic rings. The van der Waals surface area contributed by atoms with Crippen molar-refractivity contribution in [3.8, 4) is 5.88 Å². The quantitative estimate of drug-likeness (QED) is 0.855. The number of methoxy groups -OCH3 is 1. The maximum absolute atomic E-state index is 12.0. The lowest BCUT2D eigenvalue weighted by molar-refractivity contribution is 0.237. The highest BCUT2D eigenvalue weighted by Gasteiger charge is 2.11. The van der Waals surface area contributed by atoms with Gasteiger partial charge in [0, 0.05) is 23.3 Å². The molecule has 0 saturated carbocycles. The van der Waals surface area contributed by atoms with Crippen molar-refractivity contribution in [2.24, 2.45) is 0 Å². The zero-order chi connectivity index (χ0) is 15.9. The van der Waals surface area contributed by atoms with Gasteiger partial charge in [-0.2, -0.15) is 0 Å². The third-order valence-corrected chi connectivity index (χ3v) is 3.90. The molecule has 0 bridgehead atoms. The molecule has 2 rings (SSSR count). The lowest BCUT2D eigenvalue weighted by Crippen LogP contribution is -2.36. The number of carbonyl (C=O) groups excluding carboxylic acids is 1. The lowest BCUT2D eigenvalue weighted by atomic mass is 10.1. The number of aromatic nitrogens is 1. The van der Waals surface area contributed by atoms with E-state index < -0.39 is 0 Å². The van der Waals surface area contributed by atoms with Crippen molar-refractivity contribution >= 4 is 22.0 Å². The molecule has 5 nitrogen and oxygen atoms in total. The minimum Gasteiger partial charge on any atom is -0.481 e. The van der Waals surface area contributed by atoms with Crippen molar-refractivity contribution in [2.45, 2.75) is 19.5 Å². The molecule has 1 heterocycles. The van der Waals surface area contributed by atoms with Crippen molar-refractivity contribution in [3.63, 3.8) is 0 Å². The summed E-state index contributed by atoms with van der Waals surface area (Å²) in [6, 6.07) is 11.1. The second-order valence-electron chi connectivity index (χ2n) is 4.78. The Hall–Kier alpha value is -2.08. The molecule has 1 atom stereocenters. The fourth-order valence-corrected chi connectivity index (χ4v) is 2.63. The van der Waals surface area contributed by atoms with Crippen LogP contribution in [-0.4, -0.2) is 18.1 Å². The molecule has 0 aliphatic heterocycles. The highest BCUT2D eigenvalue weighted by atomic mass is 79.9. The summed E-state index contributed by atoms with van der Waals surface area (Å²) in [6.45, 7) is 2.35. The van der Waals surface area contributed by atoms with E-state index in [0.29, 0.717) is 12.4 Å². The van der Waals surface area contributed by atoms with E-state index in [1.54, 1.807) is 19.4 Å². The molecule has 0 radical (unpaired) electrons. The molecule has 2 N–H and O–H groups in total. The Bertz CT molecular complexity index is 649. The number of carbonyl (C=O) groups is 1. The maximum Gasteiger partial charge on any atom is 0.315 e. The Morgan fingerprint density at radius 3 is 2.86 bits per heavy atom. The van der Waals surface area contributed by atoms with Crippen LogP contribution in [0.4, 0.5) is 4.79 Å². The molecular formula is C16H18BrN3O2. The van der Waals surface area contributed by atoms with E-state index in [0.717, 1.165) is 15.6 Å². The van der Waals surface area contributed by atoms with Crippen molar-refractivity contribution in [1.82, 2.24) is 15.6 Å². The Kier molecular flexibility index (Phi) is 5.77. The average Bonchev–Trinajstić information content (AvgIpc) is 2.53. The van der Waals surface area contributed by atoms with E-state index in [1.807, 2.05) is 37.3 Å². The van der Waals surface area contributed by atoms with E-state index in [2.05, 4.69) is 31.5 Å². The highest BCUT2D eigenvalue weighted by Crippen LogP contribution is 2.22. The smallest absolute Gasteiger partial charge is 0.315 e. The van der Waals surface area contributed by atoms with Gasteiger partial charge in [-0.1, -0.05) is 34.1 Å². The van der Waals surface area contributed by atoms with Gasteiger partial charge in [-0.3, -0.25) is 0 Å². The molecule has 0 saturated heterocycles. The van der Waals surface area contributed by atoms with Gasteiger partial charge in [-0.15, -0.1) is 0 Å². The molecule has 0 spiro atoms. The zero-order valence-electron chi connectivity index (χ0n) is 12.5. The molecule has 1 aromatic heterocycles. The number of hydrogen-bond acceptors (Lipinski definition) is 3. The number of ether oxygens (including phenoxy) is 1. The van der Waals surface area contributed by atoms with Crippen LogP contribution in [0.15, 0.2) is 47.1 Å². The third kappa shape index (κ3) is 4.46. The van der Waals surface area contributed by atoms with Crippen molar-refractivity contribution < 1.29 is 9.53 Å². The normalized spacial score (nSPS) is 11.6. The predicted molar refractivity (Wildman–Crippen MR) is 88.7 cm³/mol. The number of benzene rings is 1. The summed E-state index contributed by atoms with van der Waals surface area (Å²) in [4.78, 5) is 16.0. The molecule has 116 valence electrons. The van der Waals surface area contributed by atoms with Gasteiger partial charge in [-0.25, -0.2) is 9.78 Å². The summed E-state index contributed by atoms with van der Waals surface area (Å²) in [5, 5.41) is 5.73. The summed E-state index contributed by atoms with van der Waals surface area (Å²) in [7, 11) is 1.56. The van der Waals surface area contributed by atoms with Crippen LogP contribution in [0.3, 0.4) is 0 Å². The van der Waals surface area contributed by atoms with Crippen LogP contribution in [0.1, 0.15) is 24.1 Å². The lowest BCUT2D eigenvalue weighted by Gasteiger charge is -2.16. The van der Waals surface area contributed by atoms with Crippen LogP contribution in [0.5, 0.6) is 5.88 Å². The van der Waals surface area contributed by atoms with E-state index in [9.17, 15) is 4.79 Å². The van der Waals surface area contributed by atoms with Crippen LogP contribution in [-0.2, 0) is 6.54 Å². The summed E-state index contributed by atoms with van der Waals surface area (Å²) in [5.74, 6) is 0.529. The number of halogens is 1. The minimum atomic E-state index is -0.223. The minimum absolute atomic E-state index is 0.0949. The van der Waals surface area contributed by atoms with E-state index in [4.69, 9.17) is 4.74 Å². The first kappa shape index (κ1) is 16.3. The first-order valence-electron chi connectivity index (χ1n) is 6.88. The molecule has 0 fully saturated rings. The van der Waals surface area contributed by atoms with Gasteiger partial charge < -0.3 is 15.4 Å². The SMILES string of the molecule is COc1cc(CNC(=O)N[C@H](C)c2ccccc2Br)ccn1. The van der Waals surface area contributed by atoms with Gasteiger partial charge >= 0.3 is 6.03 Å². The Balaban J connectivity index is 1.89. The van der Waals surface area contributed by atoms with Crippen molar-refractivity contribution in [1.29, 1.82) is 0 Å². The number of nitrogens with one attached hydrogen (secondary N) is 2. The molecule has 0 aliphatic carbocycles.